The van der Waals surface area contributed by atoms with E-state index in [0.29, 0.717) is 5.02 Å². The number of hydrogen-bond acceptors (Lipinski definition) is 2. The lowest BCUT2D eigenvalue weighted by Crippen LogP contribution is -2.22. The number of fused-ring (bicyclic) bond motifs is 1. The van der Waals surface area contributed by atoms with E-state index in [4.69, 9.17) is 11.6 Å². The smallest absolute Gasteiger partial charge is 0.257 e. The van der Waals surface area contributed by atoms with Crippen LogP contribution in [0.1, 0.15) is 6.42 Å². The monoisotopic (exact) mass is 322 g/mol. The van der Waals surface area contributed by atoms with Gasteiger partial charge in [0, 0.05) is 34.9 Å². The Hall–Kier alpha value is -2.52. The maximum Gasteiger partial charge on any atom is 0.257 e. The van der Waals surface area contributed by atoms with Crippen LogP contribution >= 0.6 is 11.6 Å². The average molecular weight is 323 g/mol. The van der Waals surface area contributed by atoms with Crippen LogP contribution in [0.5, 0.6) is 0 Å². The van der Waals surface area contributed by atoms with E-state index in [9.17, 15) is 4.79 Å². The highest BCUT2D eigenvalue weighted by Gasteiger charge is 2.16. The molecule has 0 radical (unpaired) electrons. The molecule has 23 heavy (non-hydrogen) atoms. The highest BCUT2D eigenvalue weighted by atomic mass is 35.5. The zero-order valence-corrected chi connectivity index (χ0v) is 13.2. The van der Waals surface area contributed by atoms with Crippen LogP contribution < -0.4 is 10.5 Å². The first-order chi connectivity index (χ1) is 11.2. The van der Waals surface area contributed by atoms with Crippen LogP contribution in [-0.4, -0.2) is 11.1 Å². The van der Waals surface area contributed by atoms with Crippen molar-refractivity contribution in [2.75, 3.05) is 11.4 Å². The molecule has 2 heterocycles. The Labute approximate surface area is 139 Å². The van der Waals surface area contributed by atoms with E-state index in [2.05, 4.69) is 11.0 Å². The highest BCUT2D eigenvalue weighted by molar-refractivity contribution is 6.31. The molecule has 0 bridgehead atoms. The number of halogens is 1. The van der Waals surface area contributed by atoms with Gasteiger partial charge in [-0.15, -0.1) is 0 Å². The fraction of sp³-hybridized carbons (Fsp3) is 0.105. The third-order valence-corrected chi connectivity index (χ3v) is 4.34. The summed E-state index contributed by atoms with van der Waals surface area (Å²) in [7, 11) is 0. The molecule has 1 aromatic heterocycles. The number of pyridine rings is 1. The quantitative estimate of drug-likeness (QED) is 0.700. The predicted octanol–water partition coefficient (Wildman–Crippen LogP) is 4.37. The highest BCUT2D eigenvalue weighted by Crippen LogP contribution is 2.30. The normalized spacial score (nSPS) is 13.9. The summed E-state index contributed by atoms with van der Waals surface area (Å²) in [5, 5.41) is 1.64. The van der Waals surface area contributed by atoms with Gasteiger partial charge in [0.15, 0.2) is 0 Å². The van der Waals surface area contributed by atoms with Crippen molar-refractivity contribution in [3.05, 3.63) is 82.2 Å². The van der Waals surface area contributed by atoms with E-state index < -0.39 is 0 Å². The minimum absolute atomic E-state index is 0.0544. The van der Waals surface area contributed by atoms with Gasteiger partial charge >= 0.3 is 0 Å². The van der Waals surface area contributed by atoms with E-state index in [0.717, 1.165) is 35.2 Å². The van der Waals surface area contributed by atoms with Crippen LogP contribution in [0.4, 0.5) is 5.69 Å². The minimum atomic E-state index is -0.0544. The van der Waals surface area contributed by atoms with E-state index in [1.165, 1.54) is 0 Å². The van der Waals surface area contributed by atoms with Crippen LogP contribution in [0.15, 0.2) is 71.7 Å². The summed E-state index contributed by atoms with van der Waals surface area (Å²) >= 11 is 6.20. The Bertz CT molecular complexity index is 960. The Kier molecular flexibility index (Phi) is 3.43. The van der Waals surface area contributed by atoms with Crippen LogP contribution in [-0.2, 0) is 0 Å². The van der Waals surface area contributed by atoms with Crippen LogP contribution in [0.2, 0.25) is 5.02 Å². The first-order valence-corrected chi connectivity index (χ1v) is 7.96. The second kappa shape index (κ2) is 5.60. The minimum Gasteiger partial charge on any atom is -0.347 e. The Balaban J connectivity index is 2.07. The van der Waals surface area contributed by atoms with Crippen LogP contribution in [0.25, 0.3) is 16.6 Å². The molecule has 0 fully saturated rings. The fourth-order valence-corrected chi connectivity index (χ4v) is 3.22. The third kappa shape index (κ3) is 2.43. The number of rotatable bonds is 2. The molecule has 0 saturated carbocycles. The van der Waals surface area contributed by atoms with Crippen molar-refractivity contribution >= 4 is 28.2 Å². The van der Waals surface area contributed by atoms with Crippen molar-refractivity contribution in [1.82, 2.24) is 4.57 Å². The lowest BCUT2D eigenvalue weighted by molar-refractivity contribution is 0.986. The number of aromatic nitrogens is 1. The maximum atomic E-state index is 12.8. The SMILES string of the molecule is O=c1cc(N2C=CCC2)c2ccc(Cl)cc2n1-c1ccccc1. The van der Waals surface area contributed by atoms with Gasteiger partial charge in [0.05, 0.1) is 11.2 Å². The molecule has 0 saturated heterocycles. The molecule has 4 rings (SSSR count). The molecule has 4 heteroatoms. The molecule has 1 aliphatic rings. The summed E-state index contributed by atoms with van der Waals surface area (Å²) in [6, 6.07) is 17.1. The van der Waals surface area contributed by atoms with Gasteiger partial charge < -0.3 is 4.90 Å². The molecule has 3 aromatic rings. The number of nitrogens with zero attached hydrogens (tertiary/aromatic N) is 2. The van der Waals surface area contributed by atoms with Gasteiger partial charge in [-0.25, -0.2) is 0 Å². The average Bonchev–Trinajstić information content (AvgIpc) is 3.09. The second-order valence-corrected chi connectivity index (χ2v) is 6.00. The van der Waals surface area contributed by atoms with E-state index in [1.54, 1.807) is 10.6 Å². The van der Waals surface area contributed by atoms with E-state index in [1.807, 2.05) is 54.7 Å². The predicted molar refractivity (Wildman–Crippen MR) is 95.7 cm³/mol. The van der Waals surface area contributed by atoms with Gasteiger partial charge in [0.1, 0.15) is 0 Å². The number of anilines is 1. The molecular weight excluding hydrogens is 308 g/mol. The lowest BCUT2D eigenvalue weighted by Gasteiger charge is -2.20. The third-order valence-electron chi connectivity index (χ3n) is 4.10. The summed E-state index contributed by atoms with van der Waals surface area (Å²) in [6.45, 7) is 0.895. The van der Waals surface area contributed by atoms with Crippen LogP contribution in [0.3, 0.4) is 0 Å². The summed E-state index contributed by atoms with van der Waals surface area (Å²) in [6.07, 6.45) is 5.15. The molecule has 2 aromatic carbocycles. The number of para-hydroxylation sites is 1. The first kappa shape index (κ1) is 14.1. The van der Waals surface area contributed by atoms with Gasteiger partial charge in [0.2, 0.25) is 0 Å². The Morgan fingerprint density at radius 1 is 1.00 bits per heavy atom. The maximum absolute atomic E-state index is 12.8. The zero-order chi connectivity index (χ0) is 15.8. The van der Waals surface area contributed by atoms with Crippen molar-refractivity contribution in [2.24, 2.45) is 0 Å². The summed E-state index contributed by atoms with van der Waals surface area (Å²) in [5.41, 5.74) is 2.55. The molecule has 0 amide bonds. The number of hydrogen-bond donors (Lipinski definition) is 0. The summed E-state index contributed by atoms with van der Waals surface area (Å²) in [5.74, 6) is 0. The standard InChI is InChI=1S/C19H15ClN2O/c20-14-8-9-16-17(21-10-4-5-11-21)13-19(23)22(18(16)12-14)15-6-2-1-3-7-15/h1-4,6-10,12-13H,5,11H2. The van der Waals surface area contributed by atoms with Gasteiger partial charge in [-0.2, -0.15) is 0 Å². The van der Waals surface area contributed by atoms with Gasteiger partial charge in [0.25, 0.3) is 5.56 Å². The largest absolute Gasteiger partial charge is 0.347 e. The van der Waals surface area contributed by atoms with Crippen molar-refractivity contribution in [2.45, 2.75) is 6.42 Å². The van der Waals surface area contributed by atoms with Gasteiger partial charge in [-0.1, -0.05) is 35.9 Å². The Morgan fingerprint density at radius 3 is 2.57 bits per heavy atom. The molecule has 0 unspecified atom stereocenters. The van der Waals surface area contributed by atoms with Crippen molar-refractivity contribution < 1.29 is 0 Å². The topological polar surface area (TPSA) is 25.2 Å². The fourth-order valence-electron chi connectivity index (χ4n) is 3.06. The van der Waals surface area contributed by atoms with Crippen LogP contribution in [0, 0.1) is 0 Å². The van der Waals surface area contributed by atoms with Gasteiger partial charge in [-0.05, 0) is 36.8 Å². The molecule has 3 nitrogen and oxygen atoms in total. The van der Waals surface area contributed by atoms with Gasteiger partial charge in [-0.3, -0.25) is 9.36 Å². The molecule has 1 aliphatic heterocycles. The molecule has 0 spiro atoms. The molecule has 0 aliphatic carbocycles. The number of benzene rings is 2. The van der Waals surface area contributed by atoms with Crippen molar-refractivity contribution in [3.63, 3.8) is 0 Å². The van der Waals surface area contributed by atoms with Crippen molar-refractivity contribution in [3.8, 4) is 5.69 Å². The van der Waals surface area contributed by atoms with Crippen molar-refractivity contribution in [1.29, 1.82) is 0 Å². The van der Waals surface area contributed by atoms with E-state index >= 15 is 0 Å². The lowest BCUT2D eigenvalue weighted by atomic mass is 10.1. The zero-order valence-electron chi connectivity index (χ0n) is 12.4. The molecular formula is C19H15ClN2O. The summed E-state index contributed by atoms with van der Waals surface area (Å²) in [4.78, 5) is 14.9. The summed E-state index contributed by atoms with van der Waals surface area (Å²) < 4.78 is 1.71. The molecule has 114 valence electrons. The Morgan fingerprint density at radius 2 is 1.83 bits per heavy atom. The first-order valence-electron chi connectivity index (χ1n) is 7.58. The second-order valence-electron chi connectivity index (χ2n) is 5.57. The van der Waals surface area contributed by atoms with E-state index in [-0.39, 0.29) is 5.56 Å². The molecule has 0 atom stereocenters. The molecule has 0 N–H and O–H groups in total.